The summed E-state index contributed by atoms with van der Waals surface area (Å²) >= 11 is 0. The first-order valence-electron chi connectivity index (χ1n) is 39.4. The Morgan fingerprint density at radius 3 is 0.833 bits per heavy atom. The molecule has 0 aliphatic rings. The largest absolute Gasteiger partial charge is 0.472 e. The predicted molar refractivity (Wildman–Crippen MR) is 418 cm³/mol. The third-order valence-corrected chi connectivity index (χ3v) is 18.0. The van der Waals surface area contributed by atoms with Crippen LogP contribution in [0.15, 0.2) is 134 Å². The van der Waals surface area contributed by atoms with Crippen molar-refractivity contribution in [3.63, 3.8) is 0 Å². The Hall–Kier alpha value is -4.80. The van der Waals surface area contributed by atoms with E-state index in [2.05, 4.69) is 161 Å². The highest BCUT2D eigenvalue weighted by Crippen LogP contribution is 2.45. The van der Waals surface area contributed by atoms with Crippen molar-refractivity contribution < 1.29 is 80.2 Å². The van der Waals surface area contributed by atoms with E-state index in [9.17, 15) is 43.2 Å². The van der Waals surface area contributed by atoms with E-state index in [1.54, 1.807) is 0 Å². The number of phosphoric ester groups is 2. The zero-order chi connectivity index (χ0) is 74.6. The van der Waals surface area contributed by atoms with Crippen molar-refractivity contribution in [2.75, 3.05) is 39.6 Å². The number of unbranched alkanes of at least 4 members (excludes halogenated alkanes) is 25. The fourth-order valence-corrected chi connectivity index (χ4v) is 11.7. The molecule has 584 valence electrons. The Kier molecular flexibility index (Phi) is 71.0. The summed E-state index contributed by atoms with van der Waals surface area (Å²) in [6.07, 6.45) is 83.0. The summed E-state index contributed by atoms with van der Waals surface area (Å²) in [4.78, 5) is 72.9. The summed E-state index contributed by atoms with van der Waals surface area (Å²) in [6.45, 7) is 4.52. The number of aliphatic hydroxyl groups is 1. The maximum absolute atomic E-state index is 13.1. The second kappa shape index (κ2) is 74.5. The third-order valence-electron chi connectivity index (χ3n) is 16.1. The molecule has 0 spiro atoms. The Labute approximate surface area is 618 Å². The van der Waals surface area contributed by atoms with Crippen LogP contribution in [0.4, 0.5) is 0 Å². The third kappa shape index (κ3) is 73.5. The van der Waals surface area contributed by atoms with E-state index in [4.69, 9.17) is 37.0 Å². The number of carbonyl (C=O) groups excluding carboxylic acids is 4. The van der Waals surface area contributed by atoms with Crippen LogP contribution < -0.4 is 0 Å². The first kappa shape index (κ1) is 97.2. The first-order chi connectivity index (χ1) is 49.7. The van der Waals surface area contributed by atoms with E-state index in [1.165, 1.54) is 38.5 Å². The highest BCUT2D eigenvalue weighted by Gasteiger charge is 2.30. The fourth-order valence-electron chi connectivity index (χ4n) is 10.1. The zero-order valence-corrected chi connectivity index (χ0v) is 65.5. The number of hydrogen-bond acceptors (Lipinski definition) is 15. The number of allylic oxidation sites excluding steroid dienone is 22. The van der Waals surface area contributed by atoms with Gasteiger partial charge in [0.25, 0.3) is 0 Å². The molecule has 0 heterocycles. The van der Waals surface area contributed by atoms with Crippen LogP contribution in [0.2, 0.25) is 0 Å². The molecule has 5 unspecified atom stereocenters. The number of carbonyl (C=O) groups is 4. The average molecular weight is 1470 g/mol. The predicted octanol–water partition coefficient (Wildman–Crippen LogP) is 22.9. The van der Waals surface area contributed by atoms with Gasteiger partial charge in [0, 0.05) is 25.7 Å². The minimum absolute atomic E-state index is 0.0738. The minimum Gasteiger partial charge on any atom is -0.462 e. The molecule has 0 aromatic carbocycles. The van der Waals surface area contributed by atoms with Gasteiger partial charge in [-0.05, 0) is 154 Å². The van der Waals surface area contributed by atoms with Gasteiger partial charge in [0.15, 0.2) is 12.2 Å². The van der Waals surface area contributed by atoms with Gasteiger partial charge in [0.1, 0.15) is 19.3 Å². The maximum Gasteiger partial charge on any atom is 0.472 e. The van der Waals surface area contributed by atoms with Crippen molar-refractivity contribution in [3.8, 4) is 0 Å². The van der Waals surface area contributed by atoms with Gasteiger partial charge in [-0.25, -0.2) is 9.13 Å². The van der Waals surface area contributed by atoms with Gasteiger partial charge in [0.2, 0.25) is 0 Å². The summed E-state index contributed by atoms with van der Waals surface area (Å²) in [5.41, 5.74) is 0. The number of rotatable bonds is 73. The lowest BCUT2D eigenvalue weighted by atomic mass is 10.1. The molecule has 0 aromatic rings. The summed E-state index contributed by atoms with van der Waals surface area (Å²) in [5, 5.41) is 10.6. The topological polar surface area (TPSA) is 237 Å². The molecule has 5 atom stereocenters. The lowest BCUT2D eigenvalue weighted by Gasteiger charge is -2.21. The van der Waals surface area contributed by atoms with Crippen LogP contribution in [0.3, 0.4) is 0 Å². The van der Waals surface area contributed by atoms with Crippen LogP contribution in [0.25, 0.3) is 0 Å². The molecular weight excluding hydrogens is 1330 g/mol. The normalized spacial score (nSPS) is 14.6. The Morgan fingerprint density at radius 2 is 0.520 bits per heavy atom. The van der Waals surface area contributed by atoms with Crippen molar-refractivity contribution in [3.05, 3.63) is 134 Å². The molecule has 17 nitrogen and oxygen atoms in total. The van der Waals surface area contributed by atoms with E-state index >= 15 is 0 Å². The maximum atomic E-state index is 13.1. The van der Waals surface area contributed by atoms with E-state index < -0.39 is 97.5 Å². The second-order valence-electron chi connectivity index (χ2n) is 25.9. The molecule has 3 N–H and O–H groups in total. The number of hydrogen-bond donors (Lipinski definition) is 3. The standard InChI is InChI=1S/C83H140O17P2/c1-5-9-13-17-21-25-29-32-34-36-38-40-42-45-48-51-55-59-63-67-80(85)93-73-78(99-82(87)69-65-61-57-53-47-28-24-20-16-12-8-4)75-97-101(89,90)95-71-77(84)72-96-102(91,92)98-76-79(100-83(88)70-66-62-58-54-50-44-31-27-23-19-15-11-7-3)74-94-81(86)68-64-60-56-52-49-46-43-41-39-37-35-33-30-26-22-18-14-10-6-2/h9-10,13-14,20-22,24-27,31-35,38-41,45,48,77-79,84H,5-8,11-12,15-19,23,28-30,36-37,42-44,46-47,49-76H2,1-4H3,(H,89,90)(H,91,92)/b13-9-,14-10-,24-20-,25-21-,26-22-,31-27-,34-32-,35-33-,40-38-,41-39-,48-45-. The lowest BCUT2D eigenvalue weighted by molar-refractivity contribution is -0.161. The highest BCUT2D eigenvalue weighted by molar-refractivity contribution is 7.47. The number of esters is 4. The summed E-state index contributed by atoms with van der Waals surface area (Å²) in [7, 11) is -9.97. The Bertz CT molecular complexity index is 2460. The van der Waals surface area contributed by atoms with Crippen LogP contribution in [-0.2, 0) is 65.4 Å². The summed E-state index contributed by atoms with van der Waals surface area (Å²) < 4.78 is 68.5. The molecule has 0 aromatic heterocycles. The second-order valence-corrected chi connectivity index (χ2v) is 28.8. The van der Waals surface area contributed by atoms with Gasteiger partial charge < -0.3 is 33.8 Å². The van der Waals surface area contributed by atoms with Crippen LogP contribution >= 0.6 is 15.6 Å². The SMILES string of the molecule is CC/C=C\C/C=C\C/C=C\C/C=C\C/C=C\CCCCCC(=O)OCC(COP(=O)(O)OCC(O)COP(=O)(O)OCC(COC(=O)CCCCCCCC/C=C\C/C=C\C/C=C\C/C=C\CC)OC(=O)CCCCCCC/C=C\CCCCCC)OC(=O)CCCCCCC/C=C\CCCC. The molecule has 0 rings (SSSR count). The molecule has 19 heteroatoms. The number of aliphatic hydroxyl groups excluding tert-OH is 1. The van der Waals surface area contributed by atoms with Gasteiger partial charge in [-0.1, -0.05) is 264 Å². The van der Waals surface area contributed by atoms with Gasteiger partial charge in [-0.2, -0.15) is 0 Å². The molecule has 0 amide bonds. The first-order valence-corrected chi connectivity index (χ1v) is 42.4. The van der Waals surface area contributed by atoms with Gasteiger partial charge >= 0.3 is 39.5 Å². The van der Waals surface area contributed by atoms with Crippen molar-refractivity contribution in [1.29, 1.82) is 0 Å². The highest BCUT2D eigenvalue weighted by atomic mass is 31.2. The van der Waals surface area contributed by atoms with Gasteiger partial charge in [0.05, 0.1) is 26.4 Å². The lowest BCUT2D eigenvalue weighted by Crippen LogP contribution is -2.30. The quantitative estimate of drug-likeness (QED) is 0.0169. The van der Waals surface area contributed by atoms with Crippen LogP contribution in [-0.4, -0.2) is 96.7 Å². The summed E-state index contributed by atoms with van der Waals surface area (Å²) in [6, 6.07) is 0. The smallest absolute Gasteiger partial charge is 0.462 e. The van der Waals surface area contributed by atoms with Crippen LogP contribution in [0, 0.1) is 0 Å². The van der Waals surface area contributed by atoms with Crippen molar-refractivity contribution in [2.45, 2.75) is 329 Å². The van der Waals surface area contributed by atoms with Crippen molar-refractivity contribution >= 4 is 39.5 Å². The number of phosphoric acid groups is 2. The molecule has 0 fully saturated rings. The molecule has 0 saturated carbocycles. The fraction of sp³-hybridized carbons (Fsp3) is 0.687. The van der Waals surface area contributed by atoms with E-state index in [1.807, 2.05) is 0 Å². The van der Waals surface area contributed by atoms with E-state index in [0.717, 1.165) is 193 Å². The molecule has 102 heavy (non-hydrogen) atoms. The van der Waals surface area contributed by atoms with Crippen molar-refractivity contribution in [2.24, 2.45) is 0 Å². The average Bonchev–Trinajstić information content (AvgIpc) is 0.928. The van der Waals surface area contributed by atoms with Crippen LogP contribution in [0.5, 0.6) is 0 Å². The van der Waals surface area contributed by atoms with Gasteiger partial charge in [-0.3, -0.25) is 37.3 Å². The monoisotopic (exact) mass is 1470 g/mol. The van der Waals surface area contributed by atoms with Gasteiger partial charge in [-0.15, -0.1) is 0 Å². The molecule has 0 saturated heterocycles. The molecule has 0 aliphatic heterocycles. The minimum atomic E-state index is -4.99. The molecule has 0 radical (unpaired) electrons. The molecule has 0 aliphatic carbocycles. The van der Waals surface area contributed by atoms with Crippen LogP contribution in [0.1, 0.15) is 310 Å². The Morgan fingerprint density at radius 1 is 0.284 bits per heavy atom. The number of ether oxygens (including phenoxy) is 4. The molecular formula is C83H140O17P2. The van der Waals surface area contributed by atoms with E-state index in [0.29, 0.717) is 25.7 Å². The van der Waals surface area contributed by atoms with E-state index in [-0.39, 0.29) is 25.7 Å². The zero-order valence-electron chi connectivity index (χ0n) is 63.7. The van der Waals surface area contributed by atoms with Crippen molar-refractivity contribution in [1.82, 2.24) is 0 Å². The molecule has 0 bridgehead atoms. The summed E-state index contributed by atoms with van der Waals surface area (Å²) in [5.74, 6) is -2.25. The Balaban J connectivity index is 5.35.